The van der Waals surface area contributed by atoms with Crippen LogP contribution in [0.25, 0.3) is 21.8 Å². The number of rotatable bonds is 5. The molecule has 0 atom stereocenters. The van der Waals surface area contributed by atoms with Gasteiger partial charge in [0.15, 0.2) is 5.78 Å². The topological polar surface area (TPSA) is 148 Å². The molecule has 2 amide bonds. The van der Waals surface area contributed by atoms with Crippen molar-refractivity contribution >= 4 is 45.4 Å². The Morgan fingerprint density at radius 2 is 1.40 bits per heavy atom. The quantitative estimate of drug-likeness (QED) is 0.263. The molecule has 0 saturated heterocycles. The molecule has 11 heteroatoms. The second-order valence-corrected chi connectivity index (χ2v) is 10.7. The zero-order valence-corrected chi connectivity index (χ0v) is 23.7. The average molecular weight is 582 g/mol. The first-order valence-corrected chi connectivity index (χ1v) is 14.4. The Labute approximate surface area is 246 Å². The highest BCUT2D eigenvalue weighted by Crippen LogP contribution is 2.25. The Balaban J connectivity index is 0.000000162. The number of fused-ring (bicyclic) bond motifs is 6. The maximum atomic E-state index is 12.6. The van der Waals surface area contributed by atoms with E-state index in [1.165, 1.54) is 0 Å². The van der Waals surface area contributed by atoms with Gasteiger partial charge in [-0.3, -0.25) is 14.4 Å². The maximum Gasteiger partial charge on any atom is 0.335 e. The molecular weight excluding hydrogens is 550 g/mol. The van der Waals surface area contributed by atoms with Crippen LogP contribution in [0.15, 0.2) is 59.1 Å². The van der Waals surface area contributed by atoms with Gasteiger partial charge in [0.05, 0.1) is 17.7 Å². The van der Waals surface area contributed by atoms with Crippen LogP contribution in [-0.4, -0.2) is 56.1 Å². The summed E-state index contributed by atoms with van der Waals surface area (Å²) in [6.07, 6.45) is 2.69. The number of aromatic carboxylic acids is 1. The molecular formula is C32H31N5O6. The highest BCUT2D eigenvalue weighted by molar-refractivity contribution is 6.03. The summed E-state index contributed by atoms with van der Waals surface area (Å²) < 4.78 is 9.05. The Bertz CT molecular complexity index is 1890. The molecule has 2 aliphatic rings. The van der Waals surface area contributed by atoms with Crippen LogP contribution >= 0.6 is 0 Å². The lowest BCUT2D eigenvalue weighted by Gasteiger charge is -2.06. The third kappa shape index (κ3) is 5.53. The number of Topliss-reactive ketones (excluding diaryl/α,β-unsaturated/α-hetero) is 1. The first-order chi connectivity index (χ1) is 20.8. The van der Waals surface area contributed by atoms with Gasteiger partial charge in [0.25, 0.3) is 11.8 Å². The predicted octanol–water partition coefficient (Wildman–Crippen LogP) is 4.22. The lowest BCUT2D eigenvalue weighted by atomic mass is 10.0. The summed E-state index contributed by atoms with van der Waals surface area (Å²) >= 11 is 0. The van der Waals surface area contributed by atoms with Gasteiger partial charge < -0.3 is 29.4 Å². The summed E-state index contributed by atoms with van der Waals surface area (Å²) in [4.78, 5) is 47.6. The molecule has 11 nitrogen and oxygen atoms in total. The van der Waals surface area contributed by atoms with Gasteiger partial charge in [-0.25, -0.2) is 4.79 Å². The molecule has 7 rings (SSSR count). The summed E-state index contributed by atoms with van der Waals surface area (Å²) in [6, 6.07) is 16.0. The van der Waals surface area contributed by atoms with Gasteiger partial charge in [0.2, 0.25) is 0 Å². The minimum Gasteiger partial charge on any atom is -0.478 e. The van der Waals surface area contributed by atoms with Gasteiger partial charge in [-0.2, -0.15) is 0 Å². The second kappa shape index (κ2) is 11.6. The van der Waals surface area contributed by atoms with Crippen molar-refractivity contribution < 1.29 is 28.8 Å². The molecule has 3 aromatic heterocycles. The molecule has 220 valence electrons. The molecule has 5 aromatic rings. The third-order valence-corrected chi connectivity index (χ3v) is 7.83. The summed E-state index contributed by atoms with van der Waals surface area (Å²) in [5.41, 5.74) is 4.50. The first-order valence-electron chi connectivity index (χ1n) is 14.4. The zero-order valence-electron chi connectivity index (χ0n) is 23.7. The fourth-order valence-corrected chi connectivity index (χ4v) is 5.61. The number of hydrogen-bond donors (Lipinski definition) is 3. The van der Waals surface area contributed by atoms with Crippen molar-refractivity contribution in [2.24, 2.45) is 0 Å². The fraction of sp³-hybridized carbons (Fsp3) is 0.281. The third-order valence-electron chi connectivity index (χ3n) is 7.83. The first kappa shape index (κ1) is 28.0. The molecule has 0 fully saturated rings. The number of carbonyl (C=O) groups excluding carboxylic acids is 3. The Morgan fingerprint density at radius 3 is 1.93 bits per heavy atom. The van der Waals surface area contributed by atoms with Crippen molar-refractivity contribution in [1.82, 2.24) is 24.9 Å². The number of nitrogens with zero attached hydrogens (tertiary/aromatic N) is 3. The lowest BCUT2D eigenvalue weighted by Crippen LogP contribution is -2.22. The molecule has 5 heterocycles. The Kier molecular flexibility index (Phi) is 7.54. The summed E-state index contributed by atoms with van der Waals surface area (Å²) in [5, 5.41) is 20.5. The van der Waals surface area contributed by atoms with Gasteiger partial charge in [-0.1, -0.05) is 30.3 Å². The minimum atomic E-state index is -0.953. The molecule has 0 aliphatic carbocycles. The van der Waals surface area contributed by atoms with E-state index < -0.39 is 5.97 Å². The number of benzene rings is 2. The van der Waals surface area contributed by atoms with Crippen LogP contribution in [-0.2, 0) is 25.9 Å². The van der Waals surface area contributed by atoms with E-state index in [-0.39, 0.29) is 29.6 Å². The number of hydrogen-bond acceptors (Lipinski definition) is 6. The molecule has 0 radical (unpaired) electrons. The van der Waals surface area contributed by atoms with E-state index in [4.69, 9.17) is 9.63 Å². The highest BCUT2D eigenvalue weighted by Gasteiger charge is 2.20. The number of aromatic nitrogens is 3. The van der Waals surface area contributed by atoms with Crippen LogP contribution in [0.4, 0.5) is 0 Å². The molecule has 43 heavy (non-hydrogen) atoms. The van der Waals surface area contributed by atoms with E-state index in [1.807, 2.05) is 52.5 Å². The molecule has 2 aliphatic heterocycles. The van der Waals surface area contributed by atoms with E-state index in [1.54, 1.807) is 18.2 Å². The van der Waals surface area contributed by atoms with E-state index >= 15 is 0 Å². The SMILES string of the molecule is CCc1cc(CC(=O)c2ccc3cc4n(c3c2)CCCNC4=O)no1.O=C(O)c1ccc2cc3n(c2c1)CCCNC3=O. The predicted molar refractivity (Wildman–Crippen MR) is 159 cm³/mol. The molecule has 0 unspecified atom stereocenters. The largest absolute Gasteiger partial charge is 0.478 e. The number of amides is 2. The van der Waals surface area contributed by atoms with Crippen LogP contribution in [0.1, 0.15) is 72.9 Å². The molecule has 2 aromatic carbocycles. The van der Waals surface area contributed by atoms with Gasteiger partial charge >= 0.3 is 5.97 Å². The van der Waals surface area contributed by atoms with Crippen molar-refractivity contribution in [3.05, 3.63) is 88.6 Å². The monoisotopic (exact) mass is 581 g/mol. The number of carbonyl (C=O) groups is 4. The molecule has 0 saturated carbocycles. The van der Waals surface area contributed by atoms with Gasteiger partial charge in [0.1, 0.15) is 17.1 Å². The van der Waals surface area contributed by atoms with Gasteiger partial charge in [-0.15, -0.1) is 0 Å². The maximum absolute atomic E-state index is 12.6. The standard InChI is InChI=1S/C19H19N3O3.C13H12N2O3/c1-2-15-10-14(21-25-15)11-18(23)13-5-4-12-8-17-19(24)20-6-3-7-22(17)16(12)9-13;16-12-11-6-8-2-3-9(13(17)18)7-10(8)15(11)5-1-4-14-12/h4-5,8-10H,2-3,6-7,11H2,1H3,(H,20,24);2-3,6-7H,1,4-5H2,(H,14,16)(H,17,18). The van der Waals surface area contributed by atoms with Crippen molar-refractivity contribution in [2.75, 3.05) is 13.1 Å². The Hall–Kier alpha value is -5.19. The highest BCUT2D eigenvalue weighted by atomic mass is 16.5. The normalized spacial score (nSPS) is 14.5. The van der Waals surface area contributed by atoms with Crippen molar-refractivity contribution in [3.63, 3.8) is 0 Å². The van der Waals surface area contributed by atoms with Gasteiger partial charge in [0, 0.05) is 66.0 Å². The van der Waals surface area contributed by atoms with Crippen LogP contribution < -0.4 is 10.6 Å². The molecule has 0 bridgehead atoms. The number of carboxylic acids is 1. The smallest absolute Gasteiger partial charge is 0.335 e. The number of ketones is 1. The lowest BCUT2D eigenvalue weighted by molar-refractivity contribution is 0.0696. The number of nitrogens with one attached hydrogen (secondary N) is 2. The number of aryl methyl sites for hydroxylation is 3. The van der Waals surface area contributed by atoms with Crippen molar-refractivity contribution in [3.8, 4) is 0 Å². The van der Waals surface area contributed by atoms with Crippen LogP contribution in [0.5, 0.6) is 0 Å². The zero-order chi connectivity index (χ0) is 30.1. The fourth-order valence-electron chi connectivity index (χ4n) is 5.61. The second-order valence-electron chi connectivity index (χ2n) is 10.7. The summed E-state index contributed by atoms with van der Waals surface area (Å²) in [7, 11) is 0. The van der Waals surface area contributed by atoms with Crippen LogP contribution in [0.2, 0.25) is 0 Å². The van der Waals surface area contributed by atoms with E-state index in [0.29, 0.717) is 35.7 Å². The number of carboxylic acid groups (broad SMARTS) is 1. The molecule has 0 spiro atoms. The molecule has 3 N–H and O–H groups in total. The van der Waals surface area contributed by atoms with E-state index in [2.05, 4.69) is 15.8 Å². The Morgan fingerprint density at radius 1 is 0.837 bits per heavy atom. The minimum absolute atomic E-state index is 0.00789. The van der Waals surface area contributed by atoms with Crippen LogP contribution in [0, 0.1) is 0 Å². The summed E-state index contributed by atoms with van der Waals surface area (Å²) in [5.74, 6) is -0.338. The average Bonchev–Trinajstić information content (AvgIpc) is 3.65. The van der Waals surface area contributed by atoms with Gasteiger partial charge in [-0.05, 0) is 43.2 Å². The summed E-state index contributed by atoms with van der Waals surface area (Å²) in [6.45, 7) is 4.79. The van der Waals surface area contributed by atoms with Crippen molar-refractivity contribution in [1.29, 1.82) is 0 Å². The van der Waals surface area contributed by atoms with E-state index in [0.717, 1.165) is 59.9 Å². The van der Waals surface area contributed by atoms with E-state index in [9.17, 15) is 19.2 Å². The van der Waals surface area contributed by atoms with Crippen LogP contribution in [0.3, 0.4) is 0 Å². The van der Waals surface area contributed by atoms with Crippen molar-refractivity contribution in [2.45, 2.75) is 45.7 Å².